The lowest BCUT2D eigenvalue weighted by atomic mass is 10.3. The number of hydrogen-bond donors (Lipinski definition) is 1. The van der Waals surface area contributed by atoms with E-state index in [9.17, 15) is 9.59 Å². The van der Waals surface area contributed by atoms with Gasteiger partial charge in [-0.25, -0.2) is 9.78 Å². The van der Waals surface area contributed by atoms with Crippen molar-refractivity contribution in [2.24, 2.45) is 0 Å². The fraction of sp³-hybridized carbons (Fsp3) is 0.360. The van der Waals surface area contributed by atoms with E-state index in [1.54, 1.807) is 11.5 Å². The van der Waals surface area contributed by atoms with Crippen LogP contribution in [0.15, 0.2) is 53.3 Å². The molecule has 34 heavy (non-hydrogen) atoms. The lowest BCUT2D eigenvalue weighted by Gasteiger charge is -2.09. The minimum Gasteiger partial charge on any atom is -0.465 e. The number of rotatable bonds is 9. The van der Waals surface area contributed by atoms with Crippen LogP contribution in [0.1, 0.15) is 32.5 Å². The van der Waals surface area contributed by atoms with E-state index in [1.807, 2.05) is 48.5 Å². The number of carbonyl (C=O) groups excluding carboxylic acids is 2. The Kier molecular flexibility index (Phi) is 8.75. The predicted molar refractivity (Wildman–Crippen MR) is 130 cm³/mol. The third kappa shape index (κ3) is 5.43. The van der Waals surface area contributed by atoms with Crippen LogP contribution in [-0.2, 0) is 34.0 Å². The van der Waals surface area contributed by atoms with E-state index in [-0.39, 0.29) is 32.0 Å². The summed E-state index contributed by atoms with van der Waals surface area (Å²) in [4.78, 5) is 38.9. The zero-order valence-corrected chi connectivity index (χ0v) is 19.5. The molecule has 0 aliphatic heterocycles. The fourth-order valence-electron chi connectivity index (χ4n) is 3.93. The zero-order chi connectivity index (χ0) is 24.5. The molecular formula is C25H30N4O5. The van der Waals surface area contributed by atoms with E-state index in [4.69, 9.17) is 19.6 Å². The molecule has 0 spiro atoms. The Morgan fingerprint density at radius 1 is 1.00 bits per heavy atom. The number of para-hydroxylation sites is 4. The number of aliphatic hydroxyl groups is 1. The average Bonchev–Trinajstić information content (AvgIpc) is 3.31. The Morgan fingerprint density at radius 2 is 1.62 bits per heavy atom. The number of aliphatic hydroxyl groups excluding tert-OH is 1. The Labute approximate surface area is 197 Å². The summed E-state index contributed by atoms with van der Waals surface area (Å²) in [6, 6.07) is 15.3. The summed E-state index contributed by atoms with van der Waals surface area (Å²) in [5.74, 6) is 0.323. The van der Waals surface area contributed by atoms with Gasteiger partial charge in [0.2, 0.25) is 0 Å². The molecule has 0 atom stereocenters. The second kappa shape index (κ2) is 11.9. The minimum atomic E-state index is -0.441. The Hall–Kier alpha value is -3.72. The monoisotopic (exact) mass is 466 g/mol. The first-order valence-electron chi connectivity index (χ1n) is 11.3. The van der Waals surface area contributed by atoms with Crippen molar-refractivity contribution in [1.29, 1.82) is 0 Å². The number of fused-ring (bicyclic) bond motifs is 2. The molecule has 9 heteroatoms. The summed E-state index contributed by atoms with van der Waals surface area (Å²) in [5, 5.41) is 9.17. The molecule has 0 bridgehead atoms. The summed E-state index contributed by atoms with van der Waals surface area (Å²) in [7, 11) is 0. The van der Waals surface area contributed by atoms with Gasteiger partial charge < -0.3 is 19.2 Å². The topological polar surface area (TPSA) is 108 Å². The molecule has 4 rings (SSSR count). The standard InChI is InChI=1S/C23H26N4O4.C2H4O/c1-2-31-22(29)16-27-20-12-6-5-11-19(20)26(23(27)30)15-21-24-17-9-3-4-10-18(17)25(21)13-7-8-14-28;1-2-3/h3-6,9-12,28H,2,7-8,13-16H2,1H3;2H,1H3. The van der Waals surface area contributed by atoms with E-state index >= 15 is 0 Å². The highest BCUT2D eigenvalue weighted by atomic mass is 16.5. The summed E-state index contributed by atoms with van der Waals surface area (Å²) in [6.07, 6.45) is 2.26. The molecule has 180 valence electrons. The van der Waals surface area contributed by atoms with Crippen LogP contribution in [0, 0.1) is 0 Å². The molecule has 0 saturated heterocycles. The number of carbonyl (C=O) groups is 2. The molecule has 4 aromatic rings. The maximum absolute atomic E-state index is 13.3. The number of ether oxygens (including phenoxy) is 1. The normalized spacial score (nSPS) is 10.8. The van der Waals surface area contributed by atoms with Crippen molar-refractivity contribution in [3.05, 3.63) is 64.8 Å². The number of hydrogen-bond acceptors (Lipinski definition) is 6. The van der Waals surface area contributed by atoms with Crippen molar-refractivity contribution in [1.82, 2.24) is 18.7 Å². The Balaban J connectivity index is 0.00000103. The highest BCUT2D eigenvalue weighted by Crippen LogP contribution is 2.20. The summed E-state index contributed by atoms with van der Waals surface area (Å²) >= 11 is 0. The summed E-state index contributed by atoms with van der Waals surface area (Å²) in [6.45, 7) is 4.45. The van der Waals surface area contributed by atoms with Crippen LogP contribution in [0.4, 0.5) is 0 Å². The van der Waals surface area contributed by atoms with Crippen LogP contribution < -0.4 is 5.69 Å². The molecule has 2 aromatic carbocycles. The summed E-state index contributed by atoms with van der Waals surface area (Å²) < 4.78 is 10.3. The van der Waals surface area contributed by atoms with Gasteiger partial charge in [0.1, 0.15) is 18.7 Å². The molecular weight excluding hydrogens is 436 g/mol. The van der Waals surface area contributed by atoms with E-state index in [1.165, 1.54) is 11.5 Å². The molecule has 2 heterocycles. The largest absolute Gasteiger partial charge is 0.465 e. The Morgan fingerprint density at radius 3 is 2.26 bits per heavy atom. The van der Waals surface area contributed by atoms with E-state index < -0.39 is 5.97 Å². The fourth-order valence-corrected chi connectivity index (χ4v) is 3.93. The van der Waals surface area contributed by atoms with E-state index in [0.717, 1.165) is 35.1 Å². The van der Waals surface area contributed by atoms with Gasteiger partial charge in [0.05, 0.1) is 35.2 Å². The van der Waals surface area contributed by atoms with Crippen molar-refractivity contribution in [2.45, 2.75) is 46.3 Å². The first kappa shape index (κ1) is 24.9. The van der Waals surface area contributed by atoms with Crippen LogP contribution in [0.25, 0.3) is 22.1 Å². The first-order chi connectivity index (χ1) is 16.5. The molecule has 2 aromatic heterocycles. The van der Waals surface area contributed by atoms with E-state index in [0.29, 0.717) is 18.5 Å². The highest BCUT2D eigenvalue weighted by Gasteiger charge is 2.18. The number of esters is 1. The van der Waals surface area contributed by atoms with Gasteiger partial charge >= 0.3 is 11.7 Å². The van der Waals surface area contributed by atoms with Gasteiger partial charge in [0.25, 0.3) is 0 Å². The molecule has 0 amide bonds. The molecule has 0 fully saturated rings. The van der Waals surface area contributed by atoms with Crippen LogP contribution in [0.5, 0.6) is 0 Å². The molecule has 0 radical (unpaired) electrons. The van der Waals surface area contributed by atoms with Gasteiger partial charge in [0.15, 0.2) is 0 Å². The SMILES string of the molecule is CC=O.CCOC(=O)Cn1c(=O)n(Cc2nc3ccccc3n2CCCCO)c2ccccc21. The maximum Gasteiger partial charge on any atom is 0.330 e. The predicted octanol–water partition coefficient (Wildman–Crippen LogP) is 2.74. The molecule has 0 saturated carbocycles. The Bertz CT molecular complexity index is 1320. The van der Waals surface area contributed by atoms with Gasteiger partial charge in [-0.2, -0.15) is 0 Å². The van der Waals surface area contributed by atoms with Crippen molar-refractivity contribution in [3.8, 4) is 0 Å². The number of nitrogens with zero attached hydrogens (tertiary/aromatic N) is 4. The second-order valence-electron chi connectivity index (χ2n) is 7.58. The van der Waals surface area contributed by atoms with E-state index in [2.05, 4.69) is 4.57 Å². The van der Waals surface area contributed by atoms with Crippen LogP contribution >= 0.6 is 0 Å². The van der Waals surface area contributed by atoms with Crippen molar-refractivity contribution in [3.63, 3.8) is 0 Å². The van der Waals surface area contributed by atoms with Crippen LogP contribution in [0.2, 0.25) is 0 Å². The van der Waals surface area contributed by atoms with Gasteiger partial charge in [-0.05, 0) is 51.0 Å². The highest BCUT2D eigenvalue weighted by molar-refractivity contribution is 5.79. The number of unbranched alkanes of at least 4 members (excludes halogenated alkanes) is 1. The van der Waals surface area contributed by atoms with Crippen LogP contribution in [0.3, 0.4) is 0 Å². The van der Waals surface area contributed by atoms with Gasteiger partial charge in [0, 0.05) is 13.2 Å². The van der Waals surface area contributed by atoms with Crippen molar-refractivity contribution < 1.29 is 19.4 Å². The third-order valence-electron chi connectivity index (χ3n) is 5.34. The van der Waals surface area contributed by atoms with Gasteiger partial charge in [-0.15, -0.1) is 0 Å². The van der Waals surface area contributed by atoms with Gasteiger partial charge in [-0.1, -0.05) is 24.3 Å². The average molecular weight is 467 g/mol. The first-order valence-corrected chi connectivity index (χ1v) is 11.3. The molecule has 1 N–H and O–H groups in total. The minimum absolute atomic E-state index is 0.132. The number of benzene rings is 2. The lowest BCUT2D eigenvalue weighted by molar-refractivity contribution is -0.143. The lowest BCUT2D eigenvalue weighted by Crippen LogP contribution is -2.28. The third-order valence-corrected chi connectivity index (χ3v) is 5.34. The molecule has 0 aliphatic rings. The molecule has 9 nitrogen and oxygen atoms in total. The number of aryl methyl sites for hydroxylation is 1. The van der Waals surface area contributed by atoms with Crippen molar-refractivity contribution in [2.75, 3.05) is 13.2 Å². The number of aromatic nitrogens is 4. The molecule has 0 unspecified atom stereocenters. The van der Waals surface area contributed by atoms with Crippen LogP contribution in [-0.4, -0.2) is 49.3 Å². The maximum atomic E-state index is 13.3. The second-order valence-corrected chi connectivity index (χ2v) is 7.58. The molecule has 0 aliphatic carbocycles. The van der Waals surface area contributed by atoms with Gasteiger partial charge in [-0.3, -0.25) is 13.9 Å². The quantitative estimate of drug-likeness (QED) is 0.231. The summed E-state index contributed by atoms with van der Waals surface area (Å²) in [5.41, 5.74) is 3.01. The van der Waals surface area contributed by atoms with Crippen molar-refractivity contribution >= 4 is 34.3 Å². The zero-order valence-electron chi connectivity index (χ0n) is 19.5. The number of imidazole rings is 2. The smallest absolute Gasteiger partial charge is 0.330 e. The number of aldehydes is 1.